The number of hydrogen-bond donors (Lipinski definition) is 2. The molecule has 0 aliphatic heterocycles. The van der Waals surface area contributed by atoms with Crippen LogP contribution in [0.2, 0.25) is 23.2 Å². The third kappa shape index (κ3) is 9.61. The van der Waals surface area contributed by atoms with E-state index in [-0.39, 0.29) is 20.4 Å². The number of benzene rings is 2. The Labute approximate surface area is 200 Å². The molecule has 0 saturated heterocycles. The molecule has 0 aliphatic rings. The molecule has 0 fully saturated rings. The van der Waals surface area contributed by atoms with Gasteiger partial charge in [-0.2, -0.15) is 8.78 Å². The Morgan fingerprint density at radius 2 is 1.67 bits per heavy atom. The molecular weight excluding hydrogens is 468 g/mol. The summed E-state index contributed by atoms with van der Waals surface area (Å²) in [5.74, 6) is -6.69. The third-order valence-corrected chi connectivity index (χ3v) is 8.90. The molecule has 2 N–H and O–H groups in total. The van der Waals surface area contributed by atoms with E-state index in [0.717, 1.165) is 12.1 Å². The van der Waals surface area contributed by atoms with Crippen molar-refractivity contribution in [3.63, 3.8) is 0 Å². The average Bonchev–Trinajstić information content (AvgIpc) is 2.76. The van der Waals surface area contributed by atoms with Crippen molar-refractivity contribution in [3.8, 4) is 0 Å². The molecule has 9 heteroatoms. The van der Waals surface area contributed by atoms with E-state index in [4.69, 9.17) is 16.3 Å². The number of carbonyl (C=O) groups is 2. The summed E-state index contributed by atoms with van der Waals surface area (Å²) >= 11 is 5.66. The van der Waals surface area contributed by atoms with Crippen LogP contribution in [0.15, 0.2) is 54.6 Å². The van der Waals surface area contributed by atoms with Gasteiger partial charge in [0.15, 0.2) is 6.04 Å². The maximum atomic E-state index is 14.2. The molecule has 0 bridgehead atoms. The van der Waals surface area contributed by atoms with Crippen molar-refractivity contribution in [2.45, 2.75) is 57.5 Å². The Morgan fingerprint density at radius 1 is 1.09 bits per heavy atom. The molecule has 0 unspecified atom stereocenters. The lowest BCUT2D eigenvalue weighted by molar-refractivity contribution is -0.156. The van der Waals surface area contributed by atoms with Crippen LogP contribution in [-0.4, -0.2) is 38.4 Å². The van der Waals surface area contributed by atoms with E-state index < -0.39 is 36.0 Å². The van der Waals surface area contributed by atoms with Gasteiger partial charge in [-0.25, -0.2) is 4.79 Å². The van der Waals surface area contributed by atoms with E-state index >= 15 is 0 Å². The van der Waals surface area contributed by atoms with Crippen LogP contribution in [0.25, 0.3) is 0 Å². The standard InChI is InChI=1S/C18H16ClF2NO4.C6H16Si/c19-14-8-4-7-13(9-14)18(20,21)17(25)22-15(10-23)16(24)26-11-12-5-2-1-3-6-12;1-6(2,3)7(4)5/h1-9,15,23H,10-11H2,(H,22,25);7H,1-5H3/t15-;/m0./s1. The summed E-state index contributed by atoms with van der Waals surface area (Å²) in [7, 11) is -0.359. The summed E-state index contributed by atoms with van der Waals surface area (Å²) in [5.41, 5.74) is 0.0463. The molecule has 2 aromatic rings. The van der Waals surface area contributed by atoms with Gasteiger partial charge in [-0.15, -0.1) is 0 Å². The van der Waals surface area contributed by atoms with Gasteiger partial charge in [0.25, 0.3) is 5.91 Å². The smallest absolute Gasteiger partial charge is 0.349 e. The maximum Gasteiger partial charge on any atom is 0.349 e. The minimum absolute atomic E-state index is 0.0379. The van der Waals surface area contributed by atoms with E-state index in [2.05, 4.69) is 33.9 Å². The van der Waals surface area contributed by atoms with Crippen molar-refractivity contribution in [2.24, 2.45) is 0 Å². The number of carbonyl (C=O) groups excluding carboxylic acids is 2. The van der Waals surface area contributed by atoms with Gasteiger partial charge < -0.3 is 15.2 Å². The van der Waals surface area contributed by atoms with E-state index in [1.54, 1.807) is 35.6 Å². The van der Waals surface area contributed by atoms with Crippen LogP contribution >= 0.6 is 11.6 Å². The van der Waals surface area contributed by atoms with Crippen LogP contribution in [0.5, 0.6) is 0 Å². The van der Waals surface area contributed by atoms with Crippen LogP contribution in [0.3, 0.4) is 0 Å². The Balaban J connectivity index is 0.000000675. The van der Waals surface area contributed by atoms with Crippen molar-refractivity contribution in [1.29, 1.82) is 0 Å². The molecule has 33 heavy (non-hydrogen) atoms. The van der Waals surface area contributed by atoms with Crippen LogP contribution in [0, 0.1) is 0 Å². The van der Waals surface area contributed by atoms with E-state index in [1.165, 1.54) is 12.1 Å². The van der Waals surface area contributed by atoms with E-state index in [9.17, 15) is 23.5 Å². The Kier molecular flexibility index (Phi) is 11.2. The summed E-state index contributed by atoms with van der Waals surface area (Å²) < 4.78 is 33.4. The largest absolute Gasteiger partial charge is 0.459 e. The highest BCUT2D eigenvalue weighted by molar-refractivity contribution is 6.59. The number of rotatable bonds is 7. The first-order valence-corrected chi connectivity index (χ1v) is 13.8. The van der Waals surface area contributed by atoms with Crippen LogP contribution in [0.1, 0.15) is 31.9 Å². The minimum Gasteiger partial charge on any atom is -0.459 e. The van der Waals surface area contributed by atoms with Crippen molar-refractivity contribution in [1.82, 2.24) is 5.32 Å². The molecule has 2 aromatic carbocycles. The molecule has 0 aromatic heterocycles. The number of esters is 1. The Bertz CT molecular complexity index is 905. The highest BCUT2D eigenvalue weighted by Crippen LogP contribution is 2.30. The van der Waals surface area contributed by atoms with Gasteiger partial charge in [-0.3, -0.25) is 4.79 Å². The van der Waals surface area contributed by atoms with Gasteiger partial charge in [-0.1, -0.05) is 87.9 Å². The van der Waals surface area contributed by atoms with Crippen LogP contribution in [-0.2, 0) is 26.9 Å². The number of nitrogens with one attached hydrogen (secondary N) is 1. The molecule has 0 spiro atoms. The van der Waals surface area contributed by atoms with Gasteiger partial charge in [0.2, 0.25) is 0 Å². The zero-order valence-corrected chi connectivity index (χ0v) is 21.5. The molecular formula is C24H32ClF2NO4Si. The zero-order chi connectivity index (χ0) is 25.2. The zero-order valence-electron chi connectivity index (χ0n) is 19.6. The summed E-state index contributed by atoms with van der Waals surface area (Å²) in [6, 6.07) is 11.7. The molecule has 0 radical (unpaired) electrons. The molecule has 5 nitrogen and oxygen atoms in total. The van der Waals surface area contributed by atoms with Gasteiger partial charge >= 0.3 is 11.9 Å². The number of hydrogen-bond acceptors (Lipinski definition) is 4. The quantitative estimate of drug-likeness (QED) is 0.418. The maximum absolute atomic E-state index is 14.2. The molecule has 0 saturated carbocycles. The lowest BCUT2D eigenvalue weighted by Crippen LogP contribution is -2.49. The highest BCUT2D eigenvalue weighted by Gasteiger charge is 2.42. The second-order valence-corrected chi connectivity index (χ2v) is 13.4. The second-order valence-electron chi connectivity index (χ2n) is 8.91. The monoisotopic (exact) mass is 499 g/mol. The topological polar surface area (TPSA) is 75.6 Å². The number of halogens is 3. The van der Waals surface area contributed by atoms with E-state index in [1.807, 2.05) is 0 Å². The fraction of sp³-hybridized carbons (Fsp3) is 0.417. The molecule has 182 valence electrons. The lowest BCUT2D eigenvalue weighted by Gasteiger charge is -2.21. The van der Waals surface area contributed by atoms with Gasteiger partial charge in [0.05, 0.1) is 6.61 Å². The van der Waals surface area contributed by atoms with Crippen molar-refractivity contribution < 1.29 is 28.2 Å². The molecule has 1 atom stereocenters. The first-order chi connectivity index (χ1) is 15.3. The number of amides is 1. The summed E-state index contributed by atoms with van der Waals surface area (Å²) in [6.45, 7) is 10.7. The lowest BCUT2D eigenvalue weighted by atomic mass is 10.1. The predicted octanol–water partition coefficient (Wildman–Crippen LogP) is 4.93. The normalized spacial score (nSPS) is 12.4. The number of aliphatic hydroxyl groups is 1. The van der Waals surface area contributed by atoms with E-state index in [0.29, 0.717) is 10.6 Å². The SMILES string of the molecule is C[SiH](C)C(C)(C)C.O=C(OCc1ccccc1)[C@H](CO)NC(=O)C(F)(F)c1cccc(Cl)c1. The average molecular weight is 500 g/mol. The number of ether oxygens (including phenoxy) is 1. The van der Waals surface area contributed by atoms with Gasteiger partial charge in [0.1, 0.15) is 6.61 Å². The fourth-order valence-electron chi connectivity index (χ4n) is 2.07. The molecule has 0 heterocycles. The minimum atomic E-state index is -3.93. The highest BCUT2D eigenvalue weighted by atomic mass is 35.5. The predicted molar refractivity (Wildman–Crippen MR) is 129 cm³/mol. The summed E-state index contributed by atoms with van der Waals surface area (Å²) in [4.78, 5) is 23.8. The van der Waals surface area contributed by atoms with Gasteiger partial charge in [0, 0.05) is 19.4 Å². The fourth-order valence-corrected chi connectivity index (χ4v) is 2.26. The van der Waals surface area contributed by atoms with Crippen molar-refractivity contribution in [3.05, 3.63) is 70.7 Å². The van der Waals surface area contributed by atoms with Gasteiger partial charge in [-0.05, 0) is 22.7 Å². The molecule has 0 aliphatic carbocycles. The van der Waals surface area contributed by atoms with Crippen LogP contribution in [0.4, 0.5) is 8.78 Å². The molecule has 2 rings (SSSR count). The van der Waals surface area contributed by atoms with Crippen molar-refractivity contribution in [2.75, 3.05) is 6.61 Å². The number of alkyl halides is 2. The first-order valence-electron chi connectivity index (χ1n) is 10.5. The molecule has 1 amide bonds. The van der Waals surface area contributed by atoms with Crippen LogP contribution < -0.4 is 5.32 Å². The van der Waals surface area contributed by atoms with Crippen molar-refractivity contribution >= 4 is 32.3 Å². The summed E-state index contributed by atoms with van der Waals surface area (Å²) in [5, 5.41) is 11.7. The third-order valence-electron chi connectivity index (χ3n) is 5.20. The Morgan fingerprint density at radius 3 is 2.15 bits per heavy atom. The second kappa shape index (κ2) is 12.8. The summed E-state index contributed by atoms with van der Waals surface area (Å²) in [6.07, 6.45) is 0. The number of aliphatic hydroxyl groups excluding tert-OH is 1. The Hall–Kier alpha value is -2.29. The first kappa shape index (κ1) is 28.7.